The maximum Gasteiger partial charge on any atom is 0.227 e. The second-order valence-electron chi connectivity index (χ2n) is 6.00. The van der Waals surface area contributed by atoms with E-state index in [0.29, 0.717) is 30.6 Å². The Bertz CT molecular complexity index is 879. The molecule has 1 amide bonds. The Kier molecular flexibility index (Phi) is 5.85. The van der Waals surface area contributed by atoms with Crippen molar-refractivity contribution in [1.82, 2.24) is 20.4 Å². The van der Waals surface area contributed by atoms with Gasteiger partial charge in [-0.25, -0.2) is 4.98 Å². The summed E-state index contributed by atoms with van der Waals surface area (Å²) in [6.45, 7) is 6.51. The van der Waals surface area contributed by atoms with E-state index >= 15 is 0 Å². The third-order valence-corrected chi connectivity index (χ3v) is 3.97. The van der Waals surface area contributed by atoms with Crippen LogP contribution in [0.25, 0.3) is 11.4 Å². The van der Waals surface area contributed by atoms with Gasteiger partial charge in [0.05, 0.1) is 18.8 Å². The first kappa shape index (κ1) is 18.6. The molecule has 0 radical (unpaired) electrons. The number of carbonyl (C=O) groups is 1. The van der Waals surface area contributed by atoms with Gasteiger partial charge in [-0.2, -0.15) is 4.98 Å². The summed E-state index contributed by atoms with van der Waals surface area (Å²) in [5, 5.41) is 6.73. The lowest BCUT2D eigenvalue weighted by atomic mass is 10.2. The van der Waals surface area contributed by atoms with E-state index in [1.165, 1.54) is 0 Å². The molecular weight excluding hydrogens is 348 g/mol. The molecule has 0 unspecified atom stereocenters. The predicted octanol–water partition coefficient (Wildman–Crippen LogP) is 2.99. The average molecular weight is 370 g/mol. The van der Waals surface area contributed by atoms with E-state index in [2.05, 4.69) is 20.4 Å². The van der Waals surface area contributed by atoms with Crippen molar-refractivity contribution < 1.29 is 18.5 Å². The Morgan fingerprint density at radius 3 is 2.59 bits per heavy atom. The van der Waals surface area contributed by atoms with Gasteiger partial charge in [0.15, 0.2) is 0 Å². The Morgan fingerprint density at radius 2 is 1.93 bits per heavy atom. The number of amides is 1. The quantitative estimate of drug-likeness (QED) is 0.650. The number of hydrogen-bond donors (Lipinski definition) is 1. The van der Waals surface area contributed by atoms with Crippen LogP contribution in [-0.4, -0.2) is 27.6 Å². The molecule has 0 saturated carbocycles. The fourth-order valence-electron chi connectivity index (χ4n) is 2.44. The maximum atomic E-state index is 12.0. The van der Waals surface area contributed by atoms with Gasteiger partial charge in [-0.3, -0.25) is 4.79 Å². The van der Waals surface area contributed by atoms with Crippen molar-refractivity contribution >= 4 is 5.91 Å². The molecule has 0 fully saturated rings. The van der Waals surface area contributed by atoms with E-state index in [9.17, 15) is 4.79 Å². The number of aromatic nitrogens is 3. The summed E-state index contributed by atoms with van der Waals surface area (Å²) in [6.07, 6.45) is 0.600. The van der Waals surface area contributed by atoms with E-state index in [-0.39, 0.29) is 18.9 Å². The predicted molar refractivity (Wildman–Crippen MR) is 97.0 cm³/mol. The Labute approximate surface area is 156 Å². The lowest BCUT2D eigenvalue weighted by Gasteiger charge is -2.02. The highest BCUT2D eigenvalue weighted by atomic mass is 16.5. The van der Waals surface area contributed by atoms with Gasteiger partial charge in [-0.1, -0.05) is 5.16 Å². The Hall–Kier alpha value is -3.16. The summed E-state index contributed by atoms with van der Waals surface area (Å²) >= 11 is 0. The van der Waals surface area contributed by atoms with Gasteiger partial charge in [0.2, 0.25) is 23.5 Å². The van der Waals surface area contributed by atoms with Crippen LogP contribution in [0.4, 0.5) is 0 Å². The summed E-state index contributed by atoms with van der Waals surface area (Å²) in [7, 11) is 0. The molecule has 2 aromatic heterocycles. The van der Waals surface area contributed by atoms with Crippen LogP contribution in [0.15, 0.2) is 33.2 Å². The van der Waals surface area contributed by atoms with Gasteiger partial charge < -0.3 is 19.0 Å². The van der Waals surface area contributed by atoms with Gasteiger partial charge in [0.1, 0.15) is 11.5 Å². The molecule has 0 aliphatic heterocycles. The molecule has 0 atom stereocenters. The van der Waals surface area contributed by atoms with Crippen molar-refractivity contribution in [3.8, 4) is 17.1 Å². The van der Waals surface area contributed by atoms with Gasteiger partial charge in [0.25, 0.3) is 0 Å². The summed E-state index contributed by atoms with van der Waals surface area (Å²) in [5.74, 6) is 2.80. The molecule has 1 aromatic carbocycles. The van der Waals surface area contributed by atoms with Gasteiger partial charge in [-0.05, 0) is 45.0 Å². The van der Waals surface area contributed by atoms with E-state index in [1.54, 1.807) is 0 Å². The topological polar surface area (TPSA) is 103 Å². The molecule has 2 heterocycles. The molecule has 1 N–H and O–H groups in total. The normalized spacial score (nSPS) is 10.8. The summed E-state index contributed by atoms with van der Waals surface area (Å²) in [4.78, 5) is 20.5. The number of ether oxygens (including phenoxy) is 1. The maximum absolute atomic E-state index is 12.0. The van der Waals surface area contributed by atoms with Gasteiger partial charge >= 0.3 is 0 Å². The second-order valence-corrected chi connectivity index (χ2v) is 6.00. The van der Waals surface area contributed by atoms with Crippen molar-refractivity contribution in [3.05, 3.63) is 47.5 Å². The zero-order chi connectivity index (χ0) is 19.2. The number of aryl methyl sites for hydroxylation is 3. The van der Waals surface area contributed by atoms with Crippen LogP contribution in [0.1, 0.15) is 36.6 Å². The minimum Gasteiger partial charge on any atom is -0.494 e. The van der Waals surface area contributed by atoms with Gasteiger partial charge in [0, 0.05) is 18.4 Å². The molecule has 3 aromatic rings. The molecule has 0 saturated heterocycles. The molecule has 8 nitrogen and oxygen atoms in total. The SMILES string of the molecule is CCOc1ccc(-c2noc(CCC(=O)NCc3nc(C)c(C)o3)n2)cc1. The molecule has 27 heavy (non-hydrogen) atoms. The molecule has 0 aliphatic carbocycles. The highest BCUT2D eigenvalue weighted by Gasteiger charge is 2.12. The van der Waals surface area contributed by atoms with Crippen LogP contribution in [0, 0.1) is 13.8 Å². The minimum atomic E-state index is -0.135. The van der Waals surface area contributed by atoms with Crippen molar-refractivity contribution in [1.29, 1.82) is 0 Å². The zero-order valence-electron chi connectivity index (χ0n) is 15.6. The molecule has 8 heteroatoms. The lowest BCUT2D eigenvalue weighted by Crippen LogP contribution is -2.23. The van der Waals surface area contributed by atoms with Crippen LogP contribution in [0.5, 0.6) is 5.75 Å². The van der Waals surface area contributed by atoms with Crippen molar-refractivity contribution in [2.45, 2.75) is 40.2 Å². The summed E-state index contributed by atoms with van der Waals surface area (Å²) < 4.78 is 16.1. The second kappa shape index (κ2) is 8.48. The van der Waals surface area contributed by atoms with Crippen molar-refractivity contribution in [2.24, 2.45) is 0 Å². The molecule has 3 rings (SSSR count). The number of rotatable bonds is 8. The fourth-order valence-corrected chi connectivity index (χ4v) is 2.44. The van der Waals surface area contributed by atoms with Gasteiger partial charge in [-0.15, -0.1) is 0 Å². The smallest absolute Gasteiger partial charge is 0.227 e. The van der Waals surface area contributed by atoms with E-state index in [1.807, 2.05) is 45.0 Å². The van der Waals surface area contributed by atoms with Crippen LogP contribution in [-0.2, 0) is 17.8 Å². The van der Waals surface area contributed by atoms with Crippen LogP contribution in [0.2, 0.25) is 0 Å². The summed E-state index contributed by atoms with van der Waals surface area (Å²) in [5.41, 5.74) is 1.65. The molecule has 0 spiro atoms. The number of benzene rings is 1. The molecule has 0 aliphatic rings. The first-order valence-electron chi connectivity index (χ1n) is 8.80. The fraction of sp³-hybridized carbons (Fsp3) is 0.368. The minimum absolute atomic E-state index is 0.135. The van der Waals surface area contributed by atoms with Crippen LogP contribution in [0.3, 0.4) is 0 Å². The zero-order valence-corrected chi connectivity index (χ0v) is 15.6. The van der Waals surface area contributed by atoms with Crippen LogP contribution >= 0.6 is 0 Å². The molecule has 0 bridgehead atoms. The average Bonchev–Trinajstić information content (AvgIpc) is 3.26. The van der Waals surface area contributed by atoms with E-state index < -0.39 is 0 Å². The number of nitrogens with one attached hydrogen (secondary N) is 1. The molecule has 142 valence electrons. The van der Waals surface area contributed by atoms with Crippen molar-refractivity contribution in [2.75, 3.05) is 6.61 Å². The lowest BCUT2D eigenvalue weighted by molar-refractivity contribution is -0.121. The van der Waals surface area contributed by atoms with Crippen LogP contribution < -0.4 is 10.1 Å². The first-order chi connectivity index (χ1) is 13.0. The number of carbonyl (C=O) groups excluding carboxylic acids is 1. The largest absolute Gasteiger partial charge is 0.494 e. The Morgan fingerprint density at radius 1 is 1.15 bits per heavy atom. The highest BCUT2D eigenvalue weighted by Crippen LogP contribution is 2.20. The molecular formula is C19H22N4O4. The van der Waals surface area contributed by atoms with E-state index in [4.69, 9.17) is 13.7 Å². The highest BCUT2D eigenvalue weighted by molar-refractivity contribution is 5.75. The number of hydrogen-bond acceptors (Lipinski definition) is 7. The number of oxazole rings is 1. The third-order valence-electron chi connectivity index (χ3n) is 3.97. The van der Waals surface area contributed by atoms with Crippen molar-refractivity contribution in [3.63, 3.8) is 0 Å². The number of nitrogens with zero attached hydrogens (tertiary/aromatic N) is 3. The Balaban J connectivity index is 1.49. The summed E-state index contributed by atoms with van der Waals surface area (Å²) in [6, 6.07) is 7.45. The van der Waals surface area contributed by atoms with E-state index in [0.717, 1.165) is 22.8 Å². The first-order valence-corrected chi connectivity index (χ1v) is 8.80. The third kappa shape index (κ3) is 4.93. The monoisotopic (exact) mass is 370 g/mol. The standard InChI is InChI=1S/C19H22N4O4/c1-4-25-15-7-5-14(6-8-15)19-22-17(27-23-19)10-9-16(24)20-11-18-21-12(2)13(3)26-18/h5-8H,4,9-11H2,1-3H3,(H,20,24).